The number of nitrogens with zero attached hydrogens (tertiary/aromatic N) is 1. The summed E-state index contributed by atoms with van der Waals surface area (Å²) in [7, 11) is -1.22. The van der Waals surface area contributed by atoms with E-state index in [0.717, 1.165) is 70.1 Å². The lowest BCUT2D eigenvalue weighted by Crippen LogP contribution is -2.37. The topological polar surface area (TPSA) is 104 Å². The maximum Gasteiger partial charge on any atom is 0.451 e. The second-order valence-corrected chi connectivity index (χ2v) is 8.08. The van der Waals surface area contributed by atoms with Crippen molar-refractivity contribution in [3.8, 4) is 0 Å². The Bertz CT molecular complexity index is 645. The molecule has 1 aromatic rings. The molecule has 1 fully saturated rings. The van der Waals surface area contributed by atoms with Gasteiger partial charge in [-0.15, -0.1) is 0 Å². The van der Waals surface area contributed by atoms with Crippen LogP contribution in [0.5, 0.6) is 0 Å². The molecule has 0 saturated carbocycles. The molecule has 0 spiro atoms. The third-order valence-electron chi connectivity index (χ3n) is 5.62. The molecule has 0 aromatic heterocycles. The van der Waals surface area contributed by atoms with E-state index >= 15 is 0 Å². The zero-order valence-electron chi connectivity index (χ0n) is 17.7. The van der Waals surface area contributed by atoms with Crippen LogP contribution in [0.15, 0.2) is 24.3 Å². The molecule has 0 amide bonds. The van der Waals surface area contributed by atoms with Crippen LogP contribution in [-0.2, 0) is 22.2 Å². The lowest BCUT2D eigenvalue weighted by molar-refractivity contribution is -0.191. The second kappa shape index (κ2) is 14.4. The summed E-state index contributed by atoms with van der Waals surface area (Å²) in [6, 6.07) is 5.69. The molecule has 0 aliphatic carbocycles. The quantitative estimate of drug-likeness (QED) is 0.379. The van der Waals surface area contributed by atoms with Crippen molar-refractivity contribution in [1.29, 1.82) is 0 Å². The van der Waals surface area contributed by atoms with Crippen LogP contribution in [0.25, 0.3) is 0 Å². The van der Waals surface area contributed by atoms with Crippen LogP contribution < -0.4 is 5.73 Å². The maximum atomic E-state index is 12.6. The van der Waals surface area contributed by atoms with Crippen LogP contribution in [0.3, 0.4) is 0 Å². The zero-order valence-corrected chi connectivity index (χ0v) is 17.7. The van der Waals surface area contributed by atoms with Crippen molar-refractivity contribution in [2.24, 2.45) is 11.7 Å². The highest BCUT2D eigenvalue weighted by Gasteiger charge is 2.30. The number of hydrogen-bond acceptors (Lipinski definition) is 6. The number of hydrogen-bond donors (Lipinski definition) is 3. The summed E-state index contributed by atoms with van der Waals surface area (Å²) in [6.45, 7) is 2.99. The number of alkyl halides is 3. The van der Waals surface area contributed by atoms with Crippen LogP contribution in [0.2, 0.25) is 6.32 Å². The third kappa shape index (κ3) is 12.0. The van der Waals surface area contributed by atoms with Crippen LogP contribution in [0.1, 0.15) is 49.7 Å². The molecule has 4 N–H and O–H groups in total. The predicted molar refractivity (Wildman–Crippen MR) is 111 cm³/mol. The van der Waals surface area contributed by atoms with E-state index < -0.39 is 18.9 Å². The van der Waals surface area contributed by atoms with Gasteiger partial charge in [0.15, 0.2) is 0 Å². The van der Waals surface area contributed by atoms with Crippen molar-refractivity contribution in [3.63, 3.8) is 0 Å². The number of rotatable bonds is 10. The van der Waals surface area contributed by atoms with Crippen LogP contribution >= 0.6 is 0 Å². The molecule has 1 saturated heterocycles. The molecule has 1 heterocycles. The minimum atomic E-state index is -4.27. The average Bonchev–Trinajstić information content (AvgIpc) is 2.71. The Morgan fingerprint density at radius 3 is 2.19 bits per heavy atom. The number of unbranched alkanes of at least 4 members (excludes halogenated alkanes) is 1. The largest absolute Gasteiger partial charge is 0.451 e. The van der Waals surface area contributed by atoms with Gasteiger partial charge in [-0.3, -0.25) is 0 Å². The zero-order chi connectivity index (χ0) is 23.3. The summed E-state index contributed by atoms with van der Waals surface area (Å²) in [5.41, 5.74) is 6.53. The fourth-order valence-electron chi connectivity index (χ4n) is 3.80. The highest BCUT2D eigenvalue weighted by atomic mass is 19.4. The van der Waals surface area contributed by atoms with E-state index in [1.807, 2.05) is 0 Å². The summed E-state index contributed by atoms with van der Waals surface area (Å²) in [4.78, 5) is 18.7. The van der Waals surface area contributed by atoms with E-state index in [0.29, 0.717) is 12.2 Å². The monoisotopic (exact) mass is 444 g/mol. The average molecular weight is 444 g/mol. The Morgan fingerprint density at radius 2 is 1.68 bits per heavy atom. The molecule has 6 nitrogen and oxygen atoms in total. The van der Waals surface area contributed by atoms with Crippen molar-refractivity contribution < 1.29 is 32.8 Å². The minimum absolute atomic E-state index is 0.140. The highest BCUT2D eigenvalue weighted by molar-refractivity contribution is 6.40. The molecule has 31 heavy (non-hydrogen) atoms. The predicted octanol–water partition coefficient (Wildman–Crippen LogP) is 2.74. The first-order valence-electron chi connectivity index (χ1n) is 10.6. The van der Waals surface area contributed by atoms with Crippen molar-refractivity contribution in [2.45, 2.75) is 63.5 Å². The minimum Gasteiger partial charge on any atom is -0.427 e. The summed E-state index contributed by atoms with van der Waals surface area (Å²) >= 11 is 0. The van der Waals surface area contributed by atoms with E-state index in [1.165, 1.54) is 12.1 Å². The molecule has 2 rings (SSSR count). The van der Waals surface area contributed by atoms with Gasteiger partial charge >= 0.3 is 19.4 Å². The summed E-state index contributed by atoms with van der Waals surface area (Å²) < 4.78 is 37.9. The van der Waals surface area contributed by atoms with Gasteiger partial charge in [0.25, 0.3) is 0 Å². The van der Waals surface area contributed by atoms with Crippen LogP contribution in [0.4, 0.5) is 13.2 Å². The SMILES string of the molecule is NC(CCCCB(O)O)CCN1CCC(Cc2ccc(C(F)(F)F)cc2)CC1.O=C=O. The lowest BCUT2D eigenvalue weighted by atomic mass is 9.83. The standard InChI is InChI=1S/C20H32BF3N2O2.CO2/c22-20(23,24)18-6-4-16(5-7-18)15-17-8-12-26(13-9-17)14-10-19(25)3-1-2-11-21(27)28;2-1-3/h4-7,17,19,27-28H,1-3,8-15,25H2;. The number of carbonyl (C=O) groups excluding carboxylic acids is 2. The Hall–Kier alpha value is -1.71. The Labute approximate surface area is 181 Å². The highest BCUT2D eigenvalue weighted by Crippen LogP contribution is 2.30. The first-order valence-corrected chi connectivity index (χ1v) is 10.6. The third-order valence-corrected chi connectivity index (χ3v) is 5.62. The fourth-order valence-corrected chi connectivity index (χ4v) is 3.80. The Morgan fingerprint density at radius 1 is 1.10 bits per heavy atom. The molecule has 1 aliphatic rings. The molecule has 174 valence electrons. The number of piperidine rings is 1. The van der Waals surface area contributed by atoms with Crippen LogP contribution in [0, 0.1) is 5.92 Å². The normalized spacial score (nSPS) is 16.2. The van der Waals surface area contributed by atoms with E-state index in [-0.39, 0.29) is 12.2 Å². The van der Waals surface area contributed by atoms with E-state index in [9.17, 15) is 13.2 Å². The molecular weight excluding hydrogens is 412 g/mol. The number of halogens is 3. The molecular formula is C21H32BF3N2O4. The van der Waals surface area contributed by atoms with Crippen molar-refractivity contribution in [1.82, 2.24) is 4.90 Å². The first-order chi connectivity index (χ1) is 14.7. The Kier molecular flexibility index (Phi) is 12.7. The molecule has 0 radical (unpaired) electrons. The van der Waals surface area contributed by atoms with Crippen molar-refractivity contribution >= 4 is 13.3 Å². The van der Waals surface area contributed by atoms with Gasteiger partial charge in [0.05, 0.1) is 5.56 Å². The Balaban J connectivity index is 0.00000151. The van der Waals surface area contributed by atoms with Crippen molar-refractivity contribution in [3.05, 3.63) is 35.4 Å². The van der Waals surface area contributed by atoms with Gasteiger partial charge in [-0.2, -0.15) is 22.8 Å². The molecule has 0 bridgehead atoms. The van der Waals surface area contributed by atoms with Gasteiger partial charge in [-0.05, 0) is 81.7 Å². The van der Waals surface area contributed by atoms with Crippen molar-refractivity contribution in [2.75, 3.05) is 19.6 Å². The van der Waals surface area contributed by atoms with Gasteiger partial charge in [0.1, 0.15) is 0 Å². The smallest absolute Gasteiger partial charge is 0.427 e. The number of likely N-dealkylation sites (tertiary alicyclic amines) is 1. The summed E-state index contributed by atoms with van der Waals surface area (Å²) in [5, 5.41) is 17.6. The number of nitrogens with two attached hydrogens (primary N) is 1. The lowest BCUT2D eigenvalue weighted by Gasteiger charge is -2.32. The summed E-state index contributed by atoms with van der Waals surface area (Å²) in [5.74, 6) is 0.520. The van der Waals surface area contributed by atoms with Gasteiger partial charge < -0.3 is 20.7 Å². The van der Waals surface area contributed by atoms with Gasteiger partial charge in [0, 0.05) is 6.04 Å². The van der Waals surface area contributed by atoms with Crippen LogP contribution in [-0.4, -0.2) is 53.9 Å². The van der Waals surface area contributed by atoms with Gasteiger partial charge in [0.2, 0.25) is 0 Å². The first kappa shape index (κ1) is 27.3. The molecule has 1 aliphatic heterocycles. The van der Waals surface area contributed by atoms with Gasteiger partial charge in [-0.25, -0.2) is 0 Å². The van der Waals surface area contributed by atoms with Gasteiger partial charge in [-0.1, -0.05) is 25.0 Å². The number of benzene rings is 1. The molecule has 1 aromatic carbocycles. The second-order valence-electron chi connectivity index (χ2n) is 8.08. The van der Waals surface area contributed by atoms with E-state index in [1.54, 1.807) is 12.1 Å². The van der Waals surface area contributed by atoms with E-state index in [2.05, 4.69) is 4.90 Å². The molecule has 1 atom stereocenters. The van der Waals surface area contributed by atoms with E-state index in [4.69, 9.17) is 25.4 Å². The molecule has 1 unspecified atom stereocenters. The maximum absolute atomic E-state index is 12.6. The summed E-state index contributed by atoms with van der Waals surface area (Å²) in [6.07, 6.45) is 2.86. The molecule has 10 heteroatoms. The fraction of sp³-hybridized carbons (Fsp3) is 0.667.